The molecule has 3 rings (SSSR count). The quantitative estimate of drug-likeness (QED) is 0.486. The third kappa shape index (κ3) is 6.27. The van der Waals surface area contributed by atoms with Crippen LogP contribution in [0.2, 0.25) is 0 Å². The molecule has 0 saturated carbocycles. The largest absolute Gasteiger partial charge is 0.452 e. The van der Waals surface area contributed by atoms with E-state index in [1.54, 1.807) is 0 Å². The van der Waals surface area contributed by atoms with Crippen molar-refractivity contribution < 1.29 is 22.7 Å². The smallest absolute Gasteiger partial charge is 0.338 e. The van der Waals surface area contributed by atoms with Crippen LogP contribution < -0.4 is 9.62 Å². The first-order valence-electron chi connectivity index (χ1n) is 10.5. The number of carbonyl (C=O) groups excluding carboxylic acids is 2. The Morgan fingerprint density at radius 1 is 0.939 bits per heavy atom. The van der Waals surface area contributed by atoms with E-state index in [2.05, 4.69) is 4.72 Å². The van der Waals surface area contributed by atoms with Gasteiger partial charge in [0.15, 0.2) is 6.61 Å². The molecule has 0 radical (unpaired) electrons. The van der Waals surface area contributed by atoms with E-state index in [9.17, 15) is 18.0 Å². The van der Waals surface area contributed by atoms with Crippen LogP contribution in [-0.4, -0.2) is 33.4 Å². The Kier molecular flexibility index (Phi) is 7.97. The van der Waals surface area contributed by atoms with Crippen molar-refractivity contribution in [3.63, 3.8) is 0 Å². The second-order valence-electron chi connectivity index (χ2n) is 7.34. The molecule has 0 heterocycles. The fourth-order valence-electron chi connectivity index (χ4n) is 3.28. The Bertz CT molecular complexity index is 1230. The standard InChI is InChI=1S/C25H26N2O5S/c1-3-27(23-15-8-7-10-19(23)2)24(28)18-32-25(29)21-13-9-14-22(16-21)33(30,31)26-17-20-11-5-4-6-12-20/h4-16,26H,3,17-18H2,1-2H3. The number of para-hydroxylation sites is 1. The van der Waals surface area contributed by atoms with Crippen LogP contribution >= 0.6 is 0 Å². The van der Waals surface area contributed by atoms with Crippen LogP contribution in [0.25, 0.3) is 0 Å². The topological polar surface area (TPSA) is 92.8 Å². The molecule has 1 N–H and O–H groups in total. The maximum absolute atomic E-state index is 12.7. The Morgan fingerprint density at radius 2 is 1.64 bits per heavy atom. The number of nitrogens with one attached hydrogen (secondary N) is 1. The molecule has 0 aliphatic carbocycles. The zero-order valence-electron chi connectivity index (χ0n) is 18.5. The lowest BCUT2D eigenvalue weighted by Gasteiger charge is -2.22. The van der Waals surface area contributed by atoms with Crippen molar-refractivity contribution in [1.82, 2.24) is 4.72 Å². The van der Waals surface area contributed by atoms with Crippen molar-refractivity contribution in [3.05, 3.63) is 95.6 Å². The van der Waals surface area contributed by atoms with Gasteiger partial charge in [0.1, 0.15) is 0 Å². The average molecular weight is 467 g/mol. The predicted molar refractivity (Wildman–Crippen MR) is 126 cm³/mol. The van der Waals surface area contributed by atoms with E-state index >= 15 is 0 Å². The lowest BCUT2D eigenvalue weighted by Crippen LogP contribution is -2.35. The van der Waals surface area contributed by atoms with E-state index in [4.69, 9.17) is 4.74 Å². The van der Waals surface area contributed by atoms with E-state index in [1.807, 2.05) is 68.4 Å². The van der Waals surface area contributed by atoms with E-state index in [-0.39, 0.29) is 22.9 Å². The van der Waals surface area contributed by atoms with Crippen molar-refractivity contribution in [1.29, 1.82) is 0 Å². The average Bonchev–Trinajstić information content (AvgIpc) is 2.83. The van der Waals surface area contributed by atoms with Crippen molar-refractivity contribution in [2.24, 2.45) is 0 Å². The highest BCUT2D eigenvalue weighted by atomic mass is 32.2. The summed E-state index contributed by atoms with van der Waals surface area (Å²) in [6.45, 7) is 3.82. The summed E-state index contributed by atoms with van der Waals surface area (Å²) in [5.41, 5.74) is 2.53. The summed E-state index contributed by atoms with van der Waals surface area (Å²) in [4.78, 5) is 26.6. The molecule has 0 spiro atoms. The van der Waals surface area contributed by atoms with Crippen LogP contribution in [0.5, 0.6) is 0 Å². The van der Waals surface area contributed by atoms with Crippen LogP contribution in [0.1, 0.15) is 28.4 Å². The fourth-order valence-corrected chi connectivity index (χ4v) is 4.35. The molecule has 0 aromatic heterocycles. The van der Waals surface area contributed by atoms with Crippen LogP contribution in [0, 0.1) is 6.92 Å². The number of anilines is 1. The molecule has 0 aliphatic heterocycles. The Morgan fingerprint density at radius 3 is 2.33 bits per heavy atom. The van der Waals surface area contributed by atoms with Gasteiger partial charge in [0.2, 0.25) is 10.0 Å². The minimum atomic E-state index is -3.84. The first-order valence-corrected chi connectivity index (χ1v) is 12.0. The second kappa shape index (κ2) is 10.9. The SMILES string of the molecule is CCN(C(=O)COC(=O)c1cccc(S(=O)(=O)NCc2ccccc2)c1)c1ccccc1C. The maximum Gasteiger partial charge on any atom is 0.338 e. The summed E-state index contributed by atoms with van der Waals surface area (Å²) in [7, 11) is -3.84. The Labute approximate surface area is 194 Å². The number of esters is 1. The molecule has 33 heavy (non-hydrogen) atoms. The van der Waals surface area contributed by atoms with E-state index < -0.39 is 22.6 Å². The maximum atomic E-state index is 12.7. The third-order valence-electron chi connectivity index (χ3n) is 5.04. The molecule has 3 aromatic carbocycles. The number of amides is 1. The van der Waals surface area contributed by atoms with Gasteiger partial charge in [0, 0.05) is 18.8 Å². The van der Waals surface area contributed by atoms with Gasteiger partial charge in [-0.15, -0.1) is 0 Å². The number of hydrogen-bond acceptors (Lipinski definition) is 5. The Hall–Kier alpha value is -3.49. The third-order valence-corrected chi connectivity index (χ3v) is 6.44. The minimum absolute atomic E-state index is 0.0457. The number of hydrogen-bond donors (Lipinski definition) is 1. The zero-order valence-corrected chi connectivity index (χ0v) is 19.3. The van der Waals surface area contributed by atoms with Crippen molar-refractivity contribution in [2.45, 2.75) is 25.3 Å². The number of aryl methyl sites for hydroxylation is 1. The summed E-state index contributed by atoms with van der Waals surface area (Å²) in [6.07, 6.45) is 0. The summed E-state index contributed by atoms with van der Waals surface area (Å²) >= 11 is 0. The van der Waals surface area contributed by atoms with E-state index in [0.29, 0.717) is 6.54 Å². The molecule has 0 aliphatic rings. The van der Waals surface area contributed by atoms with E-state index in [1.165, 1.54) is 29.2 Å². The number of ether oxygens (including phenoxy) is 1. The number of likely N-dealkylation sites (N-methyl/N-ethyl adjacent to an activating group) is 1. The van der Waals surface area contributed by atoms with Gasteiger partial charge in [-0.05, 0) is 49.2 Å². The van der Waals surface area contributed by atoms with Crippen molar-refractivity contribution in [2.75, 3.05) is 18.1 Å². The summed E-state index contributed by atoms with van der Waals surface area (Å²) in [5, 5.41) is 0. The molecular formula is C25H26N2O5S. The monoisotopic (exact) mass is 466 g/mol. The molecule has 1 amide bonds. The zero-order chi connectivity index (χ0) is 23.8. The van der Waals surface area contributed by atoms with Crippen LogP contribution in [0.4, 0.5) is 5.69 Å². The molecule has 0 unspecified atom stereocenters. The first kappa shape index (κ1) is 24.2. The van der Waals surface area contributed by atoms with Gasteiger partial charge in [0.25, 0.3) is 5.91 Å². The minimum Gasteiger partial charge on any atom is -0.452 e. The molecule has 0 fully saturated rings. The number of nitrogens with zero attached hydrogens (tertiary/aromatic N) is 1. The normalized spacial score (nSPS) is 11.1. The summed E-state index contributed by atoms with van der Waals surface area (Å²) in [6, 6.07) is 22.1. The Balaban J connectivity index is 1.65. The molecule has 0 saturated heterocycles. The van der Waals surface area contributed by atoms with Crippen molar-refractivity contribution in [3.8, 4) is 0 Å². The second-order valence-corrected chi connectivity index (χ2v) is 9.11. The number of sulfonamides is 1. The van der Waals surface area contributed by atoms with Gasteiger partial charge in [-0.25, -0.2) is 17.9 Å². The molecule has 0 atom stereocenters. The lowest BCUT2D eigenvalue weighted by atomic mass is 10.2. The lowest BCUT2D eigenvalue weighted by molar-refractivity contribution is -0.121. The van der Waals surface area contributed by atoms with Gasteiger partial charge in [0.05, 0.1) is 10.5 Å². The number of rotatable bonds is 9. The van der Waals surface area contributed by atoms with Crippen LogP contribution in [0.3, 0.4) is 0 Å². The fraction of sp³-hybridized carbons (Fsp3) is 0.200. The predicted octanol–water partition coefficient (Wildman–Crippen LogP) is 3.68. The van der Waals surface area contributed by atoms with Crippen LogP contribution in [-0.2, 0) is 26.1 Å². The summed E-state index contributed by atoms with van der Waals surface area (Å²) in [5.74, 6) is -1.14. The number of benzene rings is 3. The van der Waals surface area contributed by atoms with Gasteiger partial charge in [-0.2, -0.15) is 0 Å². The van der Waals surface area contributed by atoms with Crippen LogP contribution in [0.15, 0.2) is 83.8 Å². The number of carbonyl (C=O) groups is 2. The first-order chi connectivity index (χ1) is 15.8. The highest BCUT2D eigenvalue weighted by Crippen LogP contribution is 2.19. The van der Waals surface area contributed by atoms with Gasteiger partial charge in [-0.3, -0.25) is 4.79 Å². The summed E-state index contributed by atoms with van der Waals surface area (Å²) < 4.78 is 33.0. The van der Waals surface area contributed by atoms with Gasteiger partial charge in [-0.1, -0.05) is 54.6 Å². The van der Waals surface area contributed by atoms with Gasteiger partial charge < -0.3 is 9.64 Å². The molecule has 8 heteroatoms. The van der Waals surface area contributed by atoms with Crippen molar-refractivity contribution >= 4 is 27.6 Å². The molecular weight excluding hydrogens is 440 g/mol. The molecule has 7 nitrogen and oxygen atoms in total. The molecule has 172 valence electrons. The molecule has 3 aromatic rings. The highest BCUT2D eigenvalue weighted by molar-refractivity contribution is 7.89. The molecule has 0 bridgehead atoms. The van der Waals surface area contributed by atoms with E-state index in [0.717, 1.165) is 16.8 Å². The highest BCUT2D eigenvalue weighted by Gasteiger charge is 2.20. The van der Waals surface area contributed by atoms with Gasteiger partial charge >= 0.3 is 5.97 Å².